The zero-order valence-corrected chi connectivity index (χ0v) is 21.5. The molecule has 0 bridgehead atoms. The van der Waals surface area contributed by atoms with Gasteiger partial charge in [-0.1, -0.05) is 54.4 Å². The van der Waals surface area contributed by atoms with E-state index in [1.54, 1.807) is 56.3 Å². The van der Waals surface area contributed by atoms with Gasteiger partial charge < -0.3 is 10.2 Å². The normalized spacial score (nSPS) is 12.2. The van der Waals surface area contributed by atoms with Crippen LogP contribution in [0.5, 0.6) is 0 Å². The molecule has 0 fully saturated rings. The van der Waals surface area contributed by atoms with E-state index in [0.717, 1.165) is 17.0 Å². The zero-order valence-electron chi connectivity index (χ0n) is 19.1. The Kier molecular flexibility index (Phi) is 9.57. The monoisotopic (exact) mass is 513 g/mol. The fourth-order valence-corrected chi connectivity index (χ4v) is 4.51. The summed E-state index contributed by atoms with van der Waals surface area (Å²) in [6.45, 7) is 5.24. The van der Waals surface area contributed by atoms with Gasteiger partial charge in [-0.25, -0.2) is 8.42 Å². The quantitative estimate of drug-likeness (QED) is 0.519. The molecule has 33 heavy (non-hydrogen) atoms. The minimum absolute atomic E-state index is 0.0470. The predicted octanol–water partition coefficient (Wildman–Crippen LogP) is 4.01. The van der Waals surface area contributed by atoms with Gasteiger partial charge in [0.15, 0.2) is 0 Å². The fourth-order valence-electron chi connectivity index (χ4n) is 3.25. The summed E-state index contributed by atoms with van der Waals surface area (Å²) in [6, 6.07) is 11.0. The lowest BCUT2D eigenvalue weighted by atomic mass is 10.1. The molecule has 0 aliphatic heterocycles. The first-order chi connectivity index (χ1) is 15.5. The number of benzene rings is 2. The number of carbonyl (C=O) groups is 2. The Balaban J connectivity index is 2.43. The zero-order chi connectivity index (χ0) is 24.8. The third-order valence-corrected chi connectivity index (χ3v) is 7.11. The number of amides is 2. The Morgan fingerprint density at radius 1 is 1.06 bits per heavy atom. The van der Waals surface area contributed by atoms with Crippen molar-refractivity contribution in [3.8, 4) is 0 Å². The van der Waals surface area contributed by atoms with Crippen molar-refractivity contribution in [2.75, 3.05) is 23.7 Å². The van der Waals surface area contributed by atoms with Crippen LogP contribution < -0.4 is 9.62 Å². The molecule has 2 amide bonds. The number of carbonyl (C=O) groups excluding carboxylic acids is 2. The van der Waals surface area contributed by atoms with Crippen LogP contribution >= 0.6 is 23.2 Å². The van der Waals surface area contributed by atoms with Crippen molar-refractivity contribution < 1.29 is 18.0 Å². The Morgan fingerprint density at radius 2 is 1.70 bits per heavy atom. The second-order valence-corrected chi connectivity index (χ2v) is 10.5. The summed E-state index contributed by atoms with van der Waals surface area (Å²) in [6.07, 6.45) is 1.77. The summed E-state index contributed by atoms with van der Waals surface area (Å²) in [5.41, 5.74) is 1.48. The number of nitrogens with one attached hydrogen (secondary N) is 1. The van der Waals surface area contributed by atoms with Crippen LogP contribution in [0.3, 0.4) is 0 Å². The van der Waals surface area contributed by atoms with Crippen molar-refractivity contribution in [1.29, 1.82) is 0 Å². The molecule has 2 aromatic carbocycles. The lowest BCUT2D eigenvalue weighted by Gasteiger charge is -2.32. The van der Waals surface area contributed by atoms with E-state index < -0.39 is 28.5 Å². The molecule has 0 aliphatic carbocycles. The van der Waals surface area contributed by atoms with Crippen LogP contribution in [0.15, 0.2) is 42.5 Å². The van der Waals surface area contributed by atoms with Gasteiger partial charge in [-0.15, -0.1) is 0 Å². The van der Waals surface area contributed by atoms with Crippen molar-refractivity contribution in [2.45, 2.75) is 39.8 Å². The van der Waals surface area contributed by atoms with Crippen molar-refractivity contribution in [3.63, 3.8) is 0 Å². The summed E-state index contributed by atoms with van der Waals surface area (Å²) < 4.78 is 26.3. The fraction of sp³-hybridized carbons (Fsp3) is 0.391. The SMILES string of the molecule is CCCNC(=O)[C@@H](C)N(Cc1ccccc1Cl)C(=O)CN(c1cccc(Cl)c1C)S(C)(=O)=O. The van der Waals surface area contributed by atoms with E-state index in [0.29, 0.717) is 33.4 Å². The second kappa shape index (κ2) is 11.7. The van der Waals surface area contributed by atoms with Crippen molar-refractivity contribution in [1.82, 2.24) is 10.2 Å². The summed E-state index contributed by atoms with van der Waals surface area (Å²) >= 11 is 12.5. The van der Waals surface area contributed by atoms with E-state index in [9.17, 15) is 18.0 Å². The van der Waals surface area contributed by atoms with Crippen LogP contribution in [0, 0.1) is 6.92 Å². The van der Waals surface area contributed by atoms with Gasteiger partial charge in [0, 0.05) is 23.1 Å². The number of anilines is 1. The number of hydrogen-bond acceptors (Lipinski definition) is 4. The molecule has 0 saturated heterocycles. The molecule has 180 valence electrons. The molecule has 0 aliphatic rings. The van der Waals surface area contributed by atoms with Crippen LogP contribution in [-0.4, -0.2) is 50.5 Å². The molecule has 10 heteroatoms. The average molecular weight is 514 g/mol. The molecule has 2 rings (SSSR count). The highest BCUT2D eigenvalue weighted by atomic mass is 35.5. The van der Waals surface area contributed by atoms with Gasteiger partial charge in [-0.05, 0) is 49.6 Å². The molecular formula is C23H29Cl2N3O4S. The number of rotatable bonds is 10. The predicted molar refractivity (Wildman–Crippen MR) is 133 cm³/mol. The van der Waals surface area contributed by atoms with E-state index >= 15 is 0 Å². The number of halogens is 2. The topological polar surface area (TPSA) is 86.8 Å². The van der Waals surface area contributed by atoms with Crippen LogP contribution in [0.25, 0.3) is 0 Å². The van der Waals surface area contributed by atoms with E-state index in [2.05, 4.69) is 5.32 Å². The van der Waals surface area contributed by atoms with Crippen molar-refractivity contribution in [3.05, 3.63) is 63.6 Å². The van der Waals surface area contributed by atoms with Crippen LogP contribution in [0.4, 0.5) is 5.69 Å². The van der Waals surface area contributed by atoms with Gasteiger partial charge >= 0.3 is 0 Å². The molecule has 0 spiro atoms. The Hall–Kier alpha value is -2.29. The van der Waals surface area contributed by atoms with Gasteiger partial charge in [0.2, 0.25) is 21.8 Å². The molecule has 0 radical (unpaired) electrons. The van der Waals surface area contributed by atoms with E-state index in [1.165, 1.54) is 4.90 Å². The van der Waals surface area contributed by atoms with Crippen LogP contribution in [0.2, 0.25) is 10.0 Å². The van der Waals surface area contributed by atoms with Gasteiger partial charge in [0.05, 0.1) is 11.9 Å². The molecule has 7 nitrogen and oxygen atoms in total. The third kappa shape index (κ3) is 7.09. The molecule has 0 heterocycles. The molecule has 0 unspecified atom stereocenters. The van der Waals surface area contributed by atoms with Gasteiger partial charge in [-0.3, -0.25) is 13.9 Å². The van der Waals surface area contributed by atoms with Crippen LogP contribution in [0.1, 0.15) is 31.4 Å². The maximum Gasteiger partial charge on any atom is 0.244 e. The summed E-state index contributed by atoms with van der Waals surface area (Å²) in [5.74, 6) is -0.874. The second-order valence-electron chi connectivity index (χ2n) is 7.73. The first-order valence-corrected chi connectivity index (χ1v) is 13.1. The highest BCUT2D eigenvalue weighted by molar-refractivity contribution is 7.92. The summed E-state index contributed by atoms with van der Waals surface area (Å²) in [4.78, 5) is 27.5. The Morgan fingerprint density at radius 3 is 2.30 bits per heavy atom. The average Bonchev–Trinajstić information content (AvgIpc) is 2.76. The Bertz CT molecular complexity index is 1110. The molecule has 0 saturated carbocycles. The standard InChI is InChI=1S/C23H29Cl2N3O4S/c1-5-13-26-23(30)17(3)27(14-18-9-6-7-10-20(18)25)22(29)15-28(33(4,31)32)21-12-8-11-19(24)16(21)2/h6-12,17H,5,13-15H2,1-4H3,(H,26,30)/t17-/m1/s1. The molecule has 1 atom stereocenters. The molecule has 0 aromatic heterocycles. The lowest BCUT2D eigenvalue weighted by Crippen LogP contribution is -2.51. The highest BCUT2D eigenvalue weighted by Gasteiger charge is 2.31. The Labute approximate surface area is 205 Å². The smallest absolute Gasteiger partial charge is 0.244 e. The van der Waals surface area contributed by atoms with E-state index in [1.807, 2.05) is 6.92 Å². The largest absolute Gasteiger partial charge is 0.354 e. The maximum absolute atomic E-state index is 13.5. The molecular weight excluding hydrogens is 485 g/mol. The molecule has 1 N–H and O–H groups in total. The van der Waals surface area contributed by atoms with Gasteiger partial charge in [-0.2, -0.15) is 0 Å². The molecule has 2 aromatic rings. The third-order valence-electron chi connectivity index (χ3n) is 5.20. The van der Waals surface area contributed by atoms with Crippen molar-refractivity contribution >= 4 is 50.7 Å². The maximum atomic E-state index is 13.5. The van der Waals surface area contributed by atoms with E-state index in [-0.39, 0.29) is 12.5 Å². The lowest BCUT2D eigenvalue weighted by molar-refractivity contribution is -0.139. The van der Waals surface area contributed by atoms with Crippen LogP contribution in [-0.2, 0) is 26.2 Å². The van der Waals surface area contributed by atoms with Gasteiger partial charge in [0.25, 0.3) is 0 Å². The highest BCUT2D eigenvalue weighted by Crippen LogP contribution is 2.28. The first-order valence-electron chi connectivity index (χ1n) is 10.5. The number of hydrogen-bond donors (Lipinski definition) is 1. The minimum atomic E-state index is -3.83. The van der Waals surface area contributed by atoms with Crippen molar-refractivity contribution in [2.24, 2.45) is 0 Å². The minimum Gasteiger partial charge on any atom is -0.354 e. The number of sulfonamides is 1. The van der Waals surface area contributed by atoms with Gasteiger partial charge in [0.1, 0.15) is 12.6 Å². The number of nitrogens with zero attached hydrogens (tertiary/aromatic N) is 2. The van der Waals surface area contributed by atoms with E-state index in [4.69, 9.17) is 23.2 Å². The first kappa shape index (κ1) is 27.0. The summed E-state index contributed by atoms with van der Waals surface area (Å²) in [7, 11) is -3.83. The summed E-state index contributed by atoms with van der Waals surface area (Å²) in [5, 5.41) is 3.61.